The van der Waals surface area contributed by atoms with Crippen LogP contribution in [0.2, 0.25) is 0 Å². The van der Waals surface area contributed by atoms with Gasteiger partial charge in [0.1, 0.15) is 0 Å². The third-order valence-corrected chi connectivity index (χ3v) is 5.36. The number of hydrogen-bond acceptors (Lipinski definition) is 4. The number of benzene rings is 1. The first-order chi connectivity index (χ1) is 11.4. The number of anilines is 1. The topological polar surface area (TPSA) is 31.4 Å². The summed E-state index contributed by atoms with van der Waals surface area (Å²) in [6.07, 6.45) is 7.72. The van der Waals surface area contributed by atoms with Crippen molar-refractivity contribution in [2.45, 2.75) is 25.3 Å². The van der Waals surface area contributed by atoms with E-state index in [9.17, 15) is 0 Å². The fourth-order valence-electron chi connectivity index (χ4n) is 4.21. The lowest BCUT2D eigenvalue weighted by molar-refractivity contribution is 0.326. The fourth-order valence-corrected chi connectivity index (χ4v) is 4.21. The monoisotopic (exact) mass is 310 g/mol. The van der Waals surface area contributed by atoms with Crippen LogP contribution in [0.1, 0.15) is 18.4 Å². The summed E-state index contributed by atoms with van der Waals surface area (Å²) in [5.41, 5.74) is 2.84. The summed E-state index contributed by atoms with van der Waals surface area (Å²) in [6.45, 7) is 5.91. The first-order valence-corrected chi connectivity index (χ1v) is 8.86. The van der Waals surface area contributed by atoms with E-state index in [1.54, 1.807) is 0 Å². The van der Waals surface area contributed by atoms with Crippen LogP contribution in [-0.2, 0) is 6.42 Å². The van der Waals surface area contributed by atoms with Crippen LogP contribution in [0.4, 0.5) is 5.69 Å². The molecule has 0 radical (unpaired) electrons. The van der Waals surface area contributed by atoms with Crippen molar-refractivity contribution in [1.82, 2.24) is 15.2 Å². The Labute approximate surface area is 138 Å². The smallest absolute Gasteiger partial charge is 0.0452 e. The van der Waals surface area contributed by atoms with Crippen LogP contribution in [0.25, 0.3) is 10.8 Å². The van der Waals surface area contributed by atoms with Crippen LogP contribution in [0.3, 0.4) is 0 Å². The third kappa shape index (κ3) is 2.81. The van der Waals surface area contributed by atoms with Gasteiger partial charge in [-0.2, -0.15) is 0 Å². The maximum Gasteiger partial charge on any atom is 0.0452 e. The molecule has 2 aliphatic heterocycles. The molecule has 0 bridgehead atoms. The number of pyridine rings is 1. The van der Waals surface area contributed by atoms with Crippen LogP contribution >= 0.6 is 0 Å². The highest BCUT2D eigenvalue weighted by Gasteiger charge is 2.30. The summed E-state index contributed by atoms with van der Waals surface area (Å²) in [5, 5.41) is 5.97. The lowest BCUT2D eigenvalue weighted by Gasteiger charge is -2.36. The Kier molecular flexibility index (Phi) is 4.19. The van der Waals surface area contributed by atoms with Gasteiger partial charge in [0.15, 0.2) is 0 Å². The molecule has 0 spiro atoms. The van der Waals surface area contributed by atoms with Crippen molar-refractivity contribution in [2.24, 2.45) is 0 Å². The molecule has 1 aromatic carbocycles. The average Bonchev–Trinajstić information content (AvgIpc) is 3.05. The molecule has 1 aromatic heterocycles. The lowest BCUT2D eigenvalue weighted by Crippen LogP contribution is -2.41. The molecule has 23 heavy (non-hydrogen) atoms. The molecule has 2 aliphatic rings. The van der Waals surface area contributed by atoms with Crippen LogP contribution in [-0.4, -0.2) is 55.7 Å². The SMILES string of the molecule is CNCCCN1CCC(N2CCc3cncc4cccc2c34)C1. The largest absolute Gasteiger partial charge is 0.366 e. The van der Waals surface area contributed by atoms with E-state index >= 15 is 0 Å². The number of rotatable bonds is 5. The molecule has 1 atom stereocenters. The van der Waals surface area contributed by atoms with Crippen molar-refractivity contribution in [3.05, 3.63) is 36.2 Å². The van der Waals surface area contributed by atoms with E-state index in [-0.39, 0.29) is 0 Å². The fraction of sp³-hybridized carbons (Fsp3) is 0.526. The Hall–Kier alpha value is -1.65. The van der Waals surface area contributed by atoms with Crippen molar-refractivity contribution in [1.29, 1.82) is 0 Å². The second-order valence-electron chi connectivity index (χ2n) is 6.82. The van der Waals surface area contributed by atoms with E-state index in [4.69, 9.17) is 0 Å². The van der Waals surface area contributed by atoms with Crippen LogP contribution in [0, 0.1) is 0 Å². The van der Waals surface area contributed by atoms with Gasteiger partial charge < -0.3 is 15.1 Å². The molecule has 4 rings (SSSR count). The zero-order valence-electron chi connectivity index (χ0n) is 14.0. The van der Waals surface area contributed by atoms with Crippen LogP contribution < -0.4 is 10.2 Å². The Bertz CT molecular complexity index is 679. The van der Waals surface area contributed by atoms with Crippen molar-refractivity contribution >= 4 is 16.5 Å². The van der Waals surface area contributed by atoms with Crippen molar-refractivity contribution in [2.75, 3.05) is 44.7 Å². The first kappa shape index (κ1) is 14.9. The van der Waals surface area contributed by atoms with Gasteiger partial charge in [0.25, 0.3) is 0 Å². The van der Waals surface area contributed by atoms with E-state index in [1.807, 2.05) is 13.2 Å². The van der Waals surface area contributed by atoms with E-state index in [1.165, 1.54) is 54.5 Å². The normalized spacial score (nSPS) is 21.3. The molecule has 4 nitrogen and oxygen atoms in total. The summed E-state index contributed by atoms with van der Waals surface area (Å²) in [7, 11) is 2.04. The molecule has 1 N–H and O–H groups in total. The first-order valence-electron chi connectivity index (χ1n) is 8.86. The summed E-state index contributed by atoms with van der Waals surface area (Å²) in [6, 6.07) is 7.34. The van der Waals surface area contributed by atoms with Gasteiger partial charge in [-0.3, -0.25) is 4.98 Å². The summed E-state index contributed by atoms with van der Waals surface area (Å²) in [4.78, 5) is 9.69. The predicted molar refractivity (Wildman–Crippen MR) is 96.2 cm³/mol. The summed E-state index contributed by atoms with van der Waals surface area (Å²) < 4.78 is 0. The Balaban J connectivity index is 1.54. The molecule has 0 aliphatic carbocycles. The molecule has 1 saturated heterocycles. The van der Waals surface area contributed by atoms with E-state index in [0.29, 0.717) is 6.04 Å². The quantitative estimate of drug-likeness (QED) is 0.859. The number of aromatic nitrogens is 1. The Morgan fingerprint density at radius 1 is 1.26 bits per heavy atom. The third-order valence-electron chi connectivity index (χ3n) is 5.36. The number of nitrogens with one attached hydrogen (secondary N) is 1. The van der Waals surface area contributed by atoms with Crippen LogP contribution in [0.15, 0.2) is 30.6 Å². The predicted octanol–water partition coefficient (Wildman–Crippen LogP) is 2.28. The van der Waals surface area contributed by atoms with Crippen molar-refractivity contribution < 1.29 is 0 Å². The number of hydrogen-bond donors (Lipinski definition) is 1. The van der Waals surface area contributed by atoms with E-state index in [0.717, 1.165) is 19.5 Å². The summed E-state index contributed by atoms with van der Waals surface area (Å²) in [5.74, 6) is 0. The Morgan fingerprint density at radius 2 is 2.22 bits per heavy atom. The van der Waals surface area contributed by atoms with E-state index in [2.05, 4.69) is 44.5 Å². The molecular formula is C19H26N4. The highest BCUT2D eigenvalue weighted by molar-refractivity contribution is 5.97. The van der Waals surface area contributed by atoms with E-state index < -0.39 is 0 Å². The molecule has 3 heterocycles. The molecular weight excluding hydrogens is 284 g/mol. The lowest BCUT2D eigenvalue weighted by atomic mass is 9.97. The molecule has 2 aromatic rings. The van der Waals surface area contributed by atoms with Gasteiger partial charge in [0, 0.05) is 54.5 Å². The van der Waals surface area contributed by atoms with Crippen molar-refractivity contribution in [3.8, 4) is 0 Å². The molecule has 0 saturated carbocycles. The standard InChI is InChI=1S/C19H26N4/c1-20-8-3-9-22-10-7-17(14-22)23-11-6-16-13-21-12-15-4-2-5-18(23)19(15)16/h2,4-5,12-13,17,20H,3,6-11,14H2,1H3. The number of nitrogens with zero attached hydrogens (tertiary/aromatic N) is 3. The van der Waals surface area contributed by atoms with Gasteiger partial charge in [-0.25, -0.2) is 0 Å². The van der Waals surface area contributed by atoms with Gasteiger partial charge in [-0.15, -0.1) is 0 Å². The zero-order chi connectivity index (χ0) is 15.6. The molecule has 1 unspecified atom stereocenters. The van der Waals surface area contributed by atoms with Crippen molar-refractivity contribution in [3.63, 3.8) is 0 Å². The second kappa shape index (κ2) is 6.46. The van der Waals surface area contributed by atoms with Gasteiger partial charge in [0.05, 0.1) is 0 Å². The van der Waals surface area contributed by atoms with Gasteiger partial charge >= 0.3 is 0 Å². The van der Waals surface area contributed by atoms with Crippen LogP contribution in [0.5, 0.6) is 0 Å². The zero-order valence-corrected chi connectivity index (χ0v) is 14.0. The average molecular weight is 310 g/mol. The Morgan fingerprint density at radius 3 is 3.13 bits per heavy atom. The minimum Gasteiger partial charge on any atom is -0.366 e. The number of likely N-dealkylation sites (tertiary alicyclic amines) is 1. The second-order valence-corrected chi connectivity index (χ2v) is 6.82. The molecule has 1 fully saturated rings. The minimum absolute atomic E-state index is 0.663. The van der Waals surface area contributed by atoms with Gasteiger partial charge in [-0.05, 0) is 51.0 Å². The molecule has 4 heteroatoms. The van der Waals surface area contributed by atoms with Gasteiger partial charge in [-0.1, -0.05) is 12.1 Å². The molecule has 0 amide bonds. The van der Waals surface area contributed by atoms with Gasteiger partial charge in [0.2, 0.25) is 0 Å². The molecule has 122 valence electrons. The maximum atomic E-state index is 4.40. The summed E-state index contributed by atoms with van der Waals surface area (Å²) >= 11 is 0. The highest BCUT2D eigenvalue weighted by atomic mass is 15.3. The minimum atomic E-state index is 0.663. The maximum absolute atomic E-state index is 4.40. The highest BCUT2D eigenvalue weighted by Crippen LogP contribution is 2.36.